The highest BCUT2D eigenvalue weighted by atomic mass is 35.5. The van der Waals surface area contributed by atoms with E-state index in [1.165, 1.54) is 7.11 Å². The summed E-state index contributed by atoms with van der Waals surface area (Å²) < 4.78 is 3.02. The minimum Gasteiger partial charge on any atom is -0.495 e. The average molecular weight is 494 g/mol. The van der Waals surface area contributed by atoms with Crippen molar-refractivity contribution in [1.29, 1.82) is 0 Å². The molecule has 0 aromatic heterocycles. The van der Waals surface area contributed by atoms with Gasteiger partial charge in [0.1, 0.15) is 15.5 Å². The molecule has 1 aromatic carbocycles. The van der Waals surface area contributed by atoms with Crippen LogP contribution in [0.15, 0.2) is 34.3 Å². The van der Waals surface area contributed by atoms with Crippen molar-refractivity contribution >= 4 is 87.2 Å². The number of benzene rings is 1. The van der Waals surface area contributed by atoms with Crippen molar-refractivity contribution in [2.75, 3.05) is 12.4 Å². The van der Waals surface area contributed by atoms with Gasteiger partial charge >= 0.3 is 5.97 Å². The summed E-state index contributed by atoms with van der Waals surface area (Å²) in [6.07, 6.45) is 0. The number of carbonyl (C=O) groups is 2. The number of amides is 1. The van der Waals surface area contributed by atoms with Crippen molar-refractivity contribution in [1.82, 2.24) is 0 Å². The lowest BCUT2D eigenvalue weighted by molar-refractivity contribution is -0.146. The third kappa shape index (κ3) is 2.52. The second-order valence-corrected chi connectivity index (χ2v) is 9.38. The Hall–Kier alpha value is -0.560. The summed E-state index contributed by atoms with van der Waals surface area (Å²) in [6.45, 7) is 0. The van der Waals surface area contributed by atoms with E-state index >= 15 is 0 Å². The third-order valence-electron chi connectivity index (χ3n) is 4.85. The standard InChI is InChI=1S/C16H11Cl6NO4/c1-27-7-5-3-2-4-6(7)23-12(24)8-9(13(25)26)15(20)11(18)10(17)14(8,19)16(15,21)22/h2-5,8-9H,1H3,(H,23,24)(H,25,26)/t8-,9+,14+,15+/m0/s1. The van der Waals surface area contributed by atoms with Crippen LogP contribution in [0.3, 0.4) is 0 Å². The zero-order chi connectivity index (χ0) is 20.4. The molecule has 1 fully saturated rings. The number of nitrogens with one attached hydrogen (secondary N) is 1. The van der Waals surface area contributed by atoms with E-state index in [1.54, 1.807) is 24.3 Å². The van der Waals surface area contributed by atoms with Gasteiger partial charge in [-0.25, -0.2) is 0 Å². The zero-order valence-electron chi connectivity index (χ0n) is 13.4. The SMILES string of the molecule is COc1ccccc1NC(=O)[C@@H]1[C@H](C(=O)O)[C@@]2(Cl)C(Cl)=C(Cl)[C@@]1(Cl)C2(Cl)Cl. The fourth-order valence-electron chi connectivity index (χ4n) is 3.59. The number of methoxy groups -OCH3 is 1. The number of hydrogen-bond acceptors (Lipinski definition) is 3. The Morgan fingerprint density at radius 2 is 1.56 bits per heavy atom. The lowest BCUT2D eigenvalue weighted by Gasteiger charge is -2.33. The Kier molecular flexibility index (Phi) is 5.29. The van der Waals surface area contributed by atoms with Crippen LogP contribution in [0.4, 0.5) is 5.69 Å². The predicted molar refractivity (Wildman–Crippen MR) is 107 cm³/mol. The fourth-order valence-corrected chi connectivity index (χ4v) is 6.52. The van der Waals surface area contributed by atoms with Crippen LogP contribution in [0.25, 0.3) is 0 Å². The normalized spacial score (nSPS) is 33.9. The molecule has 0 heterocycles. The molecule has 27 heavy (non-hydrogen) atoms. The van der Waals surface area contributed by atoms with E-state index < -0.39 is 37.8 Å². The molecule has 146 valence electrons. The van der Waals surface area contributed by atoms with Crippen LogP contribution in [0.5, 0.6) is 5.75 Å². The van der Waals surface area contributed by atoms with Crippen LogP contribution in [0, 0.1) is 11.8 Å². The molecule has 0 radical (unpaired) electrons. The largest absolute Gasteiger partial charge is 0.495 e. The van der Waals surface area contributed by atoms with Gasteiger partial charge in [-0.05, 0) is 12.1 Å². The molecular weight excluding hydrogens is 483 g/mol. The molecule has 0 unspecified atom stereocenters. The van der Waals surface area contributed by atoms with Gasteiger partial charge < -0.3 is 15.2 Å². The molecule has 2 bridgehead atoms. The van der Waals surface area contributed by atoms with Gasteiger partial charge in [0.05, 0.1) is 34.7 Å². The predicted octanol–water partition coefficient (Wildman–Crippen LogP) is 4.80. The summed E-state index contributed by atoms with van der Waals surface area (Å²) >= 11 is 38.1. The maximum absolute atomic E-state index is 13.1. The van der Waals surface area contributed by atoms with Crippen molar-refractivity contribution in [2.45, 2.75) is 14.1 Å². The number of para-hydroxylation sites is 2. The molecule has 0 aliphatic heterocycles. The van der Waals surface area contributed by atoms with Crippen molar-refractivity contribution < 1.29 is 19.4 Å². The number of fused-ring (bicyclic) bond motifs is 2. The van der Waals surface area contributed by atoms with Gasteiger partial charge in [-0.3, -0.25) is 9.59 Å². The molecule has 3 rings (SSSR count). The average Bonchev–Trinajstić information content (AvgIpc) is 2.82. The van der Waals surface area contributed by atoms with Gasteiger partial charge in [0.15, 0.2) is 4.33 Å². The number of carboxylic acids is 1. The number of ether oxygens (including phenoxy) is 1. The molecule has 11 heteroatoms. The first-order valence-corrected chi connectivity index (χ1v) is 9.71. The third-order valence-corrected chi connectivity index (χ3v) is 9.11. The smallest absolute Gasteiger partial charge is 0.309 e. The molecule has 2 aliphatic rings. The minimum atomic E-state index is -2.15. The second-order valence-electron chi connectivity index (χ2n) is 6.11. The summed E-state index contributed by atoms with van der Waals surface area (Å²) in [5.74, 6) is -5.02. The number of halogens is 6. The molecule has 5 nitrogen and oxygen atoms in total. The van der Waals surface area contributed by atoms with Crippen molar-refractivity contribution in [3.63, 3.8) is 0 Å². The first-order chi connectivity index (χ1) is 12.5. The maximum Gasteiger partial charge on any atom is 0.309 e. The topological polar surface area (TPSA) is 75.6 Å². The second kappa shape index (κ2) is 6.75. The summed E-state index contributed by atoms with van der Waals surface area (Å²) in [5, 5.41) is 11.8. The van der Waals surface area contributed by atoms with Crippen LogP contribution >= 0.6 is 69.6 Å². The monoisotopic (exact) mass is 491 g/mol. The molecule has 2 N–H and O–H groups in total. The molecule has 2 aliphatic carbocycles. The lowest BCUT2D eigenvalue weighted by Crippen LogP contribution is -2.47. The van der Waals surface area contributed by atoms with Crippen molar-refractivity contribution in [2.24, 2.45) is 11.8 Å². The van der Waals surface area contributed by atoms with Crippen molar-refractivity contribution in [3.05, 3.63) is 34.3 Å². The molecule has 0 saturated heterocycles. The Bertz CT molecular complexity index is 874. The van der Waals surface area contributed by atoms with E-state index in [9.17, 15) is 14.7 Å². The van der Waals surface area contributed by atoms with E-state index in [4.69, 9.17) is 74.3 Å². The summed E-state index contributed by atoms with van der Waals surface area (Å²) in [7, 11) is 1.42. The highest BCUT2D eigenvalue weighted by Gasteiger charge is 2.85. The number of carbonyl (C=O) groups excluding carboxylic acids is 1. The number of rotatable bonds is 4. The number of carboxylic acid groups (broad SMARTS) is 1. The van der Waals surface area contributed by atoms with Crippen molar-refractivity contribution in [3.8, 4) is 5.75 Å². The summed E-state index contributed by atoms with van der Waals surface area (Å²) in [4.78, 5) is 20.9. The van der Waals surface area contributed by atoms with Gasteiger partial charge in [0, 0.05) is 0 Å². The summed E-state index contributed by atoms with van der Waals surface area (Å²) in [6, 6.07) is 6.53. The van der Waals surface area contributed by atoms with E-state index in [2.05, 4.69) is 5.32 Å². The number of alkyl halides is 4. The number of allylic oxidation sites excluding steroid dienone is 2. The Labute approximate surface area is 184 Å². The number of hydrogen-bond donors (Lipinski definition) is 2. The number of aliphatic carboxylic acids is 1. The highest BCUT2D eigenvalue weighted by molar-refractivity contribution is 6.66. The van der Waals surface area contributed by atoms with Gasteiger partial charge in [-0.15, -0.1) is 23.2 Å². The van der Waals surface area contributed by atoms with Crippen LogP contribution < -0.4 is 10.1 Å². The van der Waals surface area contributed by atoms with Gasteiger partial charge in [-0.1, -0.05) is 58.5 Å². The zero-order valence-corrected chi connectivity index (χ0v) is 17.9. The quantitative estimate of drug-likeness (QED) is 0.591. The van der Waals surface area contributed by atoms with Crippen LogP contribution in [-0.4, -0.2) is 38.2 Å². The molecule has 1 aromatic rings. The number of anilines is 1. The van der Waals surface area contributed by atoms with Crippen LogP contribution in [0.1, 0.15) is 0 Å². The Balaban J connectivity index is 2.12. The maximum atomic E-state index is 13.1. The van der Waals surface area contributed by atoms with Gasteiger partial charge in [-0.2, -0.15) is 0 Å². The van der Waals surface area contributed by atoms with E-state index in [1.807, 2.05) is 0 Å². The Morgan fingerprint density at radius 3 is 2.07 bits per heavy atom. The summed E-state index contributed by atoms with van der Waals surface area (Å²) in [5.41, 5.74) is 0.293. The molecule has 1 amide bonds. The molecule has 0 spiro atoms. The van der Waals surface area contributed by atoms with E-state index in [-0.39, 0.29) is 10.1 Å². The van der Waals surface area contributed by atoms with E-state index in [0.29, 0.717) is 11.4 Å². The van der Waals surface area contributed by atoms with Gasteiger partial charge in [0.2, 0.25) is 5.91 Å². The Morgan fingerprint density at radius 1 is 1.04 bits per heavy atom. The lowest BCUT2D eigenvalue weighted by atomic mass is 9.81. The molecular formula is C16H11Cl6NO4. The van der Waals surface area contributed by atoms with E-state index in [0.717, 1.165) is 0 Å². The molecule has 1 saturated carbocycles. The van der Waals surface area contributed by atoms with Crippen LogP contribution in [0.2, 0.25) is 0 Å². The highest BCUT2D eigenvalue weighted by Crippen LogP contribution is 2.76. The first-order valence-electron chi connectivity index (χ1n) is 7.44. The molecule has 4 atom stereocenters. The van der Waals surface area contributed by atoms with Crippen LogP contribution in [-0.2, 0) is 9.59 Å². The first kappa shape index (κ1) is 21.2. The fraction of sp³-hybridized carbons (Fsp3) is 0.375. The van der Waals surface area contributed by atoms with Gasteiger partial charge in [0.25, 0.3) is 0 Å². The minimum absolute atomic E-state index is 0.261.